The van der Waals surface area contributed by atoms with Gasteiger partial charge in [0.2, 0.25) is 0 Å². The molecule has 1 atom stereocenters. The van der Waals surface area contributed by atoms with Crippen molar-refractivity contribution >= 4 is 0 Å². The highest BCUT2D eigenvalue weighted by atomic mass is 16.3. The molecule has 0 fully saturated rings. The van der Waals surface area contributed by atoms with E-state index in [2.05, 4.69) is 13.8 Å². The molecule has 0 aromatic heterocycles. The Kier molecular flexibility index (Phi) is 3.43. The van der Waals surface area contributed by atoms with Gasteiger partial charge in [0.1, 0.15) is 5.75 Å². The molecule has 1 aromatic rings. The van der Waals surface area contributed by atoms with E-state index in [1.165, 1.54) is 29.5 Å². The van der Waals surface area contributed by atoms with Gasteiger partial charge in [-0.1, -0.05) is 6.92 Å². The Hall–Kier alpha value is -1.02. The van der Waals surface area contributed by atoms with Crippen LogP contribution in [0.2, 0.25) is 0 Å². The largest absolute Gasteiger partial charge is 0.507 e. The van der Waals surface area contributed by atoms with Crippen LogP contribution >= 0.6 is 0 Å². The molecule has 0 amide bonds. The maximum atomic E-state index is 10.4. The van der Waals surface area contributed by atoms with Crippen LogP contribution in [0.4, 0.5) is 0 Å². The maximum Gasteiger partial charge on any atom is 0.122 e. The fourth-order valence-corrected chi connectivity index (χ4v) is 3.14. The second-order valence-corrected chi connectivity index (χ2v) is 5.31. The zero-order valence-electron chi connectivity index (χ0n) is 11.1. The van der Waals surface area contributed by atoms with Crippen molar-refractivity contribution in [3.63, 3.8) is 0 Å². The molecule has 2 rings (SSSR count). The second kappa shape index (κ2) is 4.69. The van der Waals surface area contributed by atoms with E-state index in [4.69, 9.17) is 5.73 Å². The van der Waals surface area contributed by atoms with Gasteiger partial charge < -0.3 is 10.8 Å². The Morgan fingerprint density at radius 3 is 2.18 bits per heavy atom. The standard InChI is InChI=1S/C15H23NO/c1-9(8-16)14-10(2)12-6-4-5-7-13(12)11(3)15(14)17/h9,17H,4-8,16H2,1-3H3. The van der Waals surface area contributed by atoms with E-state index >= 15 is 0 Å². The molecule has 0 bridgehead atoms. The molecule has 0 saturated heterocycles. The summed E-state index contributed by atoms with van der Waals surface area (Å²) in [4.78, 5) is 0. The molecule has 1 aliphatic carbocycles. The Morgan fingerprint density at radius 1 is 1.12 bits per heavy atom. The van der Waals surface area contributed by atoms with E-state index in [-0.39, 0.29) is 5.92 Å². The highest BCUT2D eigenvalue weighted by Crippen LogP contribution is 2.39. The van der Waals surface area contributed by atoms with Crippen LogP contribution in [0.3, 0.4) is 0 Å². The normalized spacial score (nSPS) is 16.7. The van der Waals surface area contributed by atoms with Gasteiger partial charge in [0.15, 0.2) is 0 Å². The molecule has 94 valence electrons. The third-order valence-electron chi connectivity index (χ3n) is 4.23. The van der Waals surface area contributed by atoms with Crippen molar-refractivity contribution in [2.45, 2.75) is 52.4 Å². The van der Waals surface area contributed by atoms with E-state index in [1.54, 1.807) is 0 Å². The summed E-state index contributed by atoms with van der Waals surface area (Å²) in [6.07, 6.45) is 4.80. The SMILES string of the molecule is Cc1c(O)c(C(C)CN)c(C)c2c1CCCC2. The van der Waals surface area contributed by atoms with Crippen LogP contribution in [-0.2, 0) is 12.8 Å². The van der Waals surface area contributed by atoms with Gasteiger partial charge in [0.25, 0.3) is 0 Å². The Bertz CT molecular complexity index is 437. The summed E-state index contributed by atoms with van der Waals surface area (Å²) in [6, 6.07) is 0. The van der Waals surface area contributed by atoms with Gasteiger partial charge in [-0.3, -0.25) is 0 Å². The topological polar surface area (TPSA) is 46.2 Å². The number of phenolic OH excluding ortho intramolecular Hbond substituents is 1. The average molecular weight is 233 g/mol. The average Bonchev–Trinajstić information content (AvgIpc) is 2.36. The highest BCUT2D eigenvalue weighted by molar-refractivity contribution is 5.56. The molecule has 3 N–H and O–H groups in total. The summed E-state index contributed by atoms with van der Waals surface area (Å²) in [6.45, 7) is 6.87. The van der Waals surface area contributed by atoms with Gasteiger partial charge >= 0.3 is 0 Å². The summed E-state index contributed by atoms with van der Waals surface area (Å²) in [7, 11) is 0. The van der Waals surface area contributed by atoms with Crippen LogP contribution < -0.4 is 5.73 Å². The number of hydrogen-bond donors (Lipinski definition) is 2. The van der Waals surface area contributed by atoms with Gasteiger partial charge in [-0.15, -0.1) is 0 Å². The van der Waals surface area contributed by atoms with Crippen molar-refractivity contribution in [3.05, 3.63) is 27.8 Å². The second-order valence-electron chi connectivity index (χ2n) is 5.31. The van der Waals surface area contributed by atoms with Crippen LogP contribution in [0, 0.1) is 13.8 Å². The molecule has 1 unspecified atom stereocenters. The molecule has 0 heterocycles. The summed E-state index contributed by atoms with van der Waals surface area (Å²) in [5.41, 5.74) is 12.1. The van der Waals surface area contributed by atoms with Crippen molar-refractivity contribution in [2.24, 2.45) is 5.73 Å². The molecular formula is C15H23NO. The first-order chi connectivity index (χ1) is 8.07. The van der Waals surface area contributed by atoms with Crippen LogP contribution in [-0.4, -0.2) is 11.7 Å². The van der Waals surface area contributed by atoms with E-state index in [9.17, 15) is 5.11 Å². The lowest BCUT2D eigenvalue weighted by Crippen LogP contribution is -2.15. The van der Waals surface area contributed by atoms with Crippen LogP contribution in [0.5, 0.6) is 5.75 Å². The Balaban J connectivity index is 2.65. The summed E-state index contributed by atoms with van der Waals surface area (Å²) >= 11 is 0. The molecular weight excluding hydrogens is 210 g/mol. The van der Waals surface area contributed by atoms with E-state index in [0.29, 0.717) is 12.3 Å². The maximum absolute atomic E-state index is 10.4. The monoisotopic (exact) mass is 233 g/mol. The Morgan fingerprint density at radius 2 is 1.65 bits per heavy atom. The van der Waals surface area contributed by atoms with Gasteiger partial charge in [0.05, 0.1) is 0 Å². The quantitative estimate of drug-likeness (QED) is 0.825. The van der Waals surface area contributed by atoms with Crippen molar-refractivity contribution in [2.75, 3.05) is 6.54 Å². The van der Waals surface area contributed by atoms with Crippen LogP contribution in [0.1, 0.15) is 53.5 Å². The fraction of sp³-hybridized carbons (Fsp3) is 0.600. The zero-order chi connectivity index (χ0) is 12.6. The lowest BCUT2D eigenvalue weighted by atomic mass is 9.80. The first-order valence-electron chi connectivity index (χ1n) is 6.61. The minimum atomic E-state index is 0.237. The Labute approximate surface area is 104 Å². The van der Waals surface area contributed by atoms with Crippen molar-refractivity contribution in [1.29, 1.82) is 0 Å². The molecule has 0 aliphatic heterocycles. The number of benzene rings is 1. The molecule has 1 aromatic carbocycles. The number of phenols is 1. The summed E-state index contributed by atoms with van der Waals surface area (Å²) < 4.78 is 0. The molecule has 0 spiro atoms. The van der Waals surface area contributed by atoms with Gasteiger partial charge in [0, 0.05) is 5.56 Å². The van der Waals surface area contributed by atoms with Crippen LogP contribution in [0.15, 0.2) is 0 Å². The number of fused-ring (bicyclic) bond motifs is 1. The van der Waals surface area contributed by atoms with E-state index in [0.717, 1.165) is 24.0 Å². The number of rotatable bonds is 2. The number of nitrogens with two attached hydrogens (primary N) is 1. The smallest absolute Gasteiger partial charge is 0.122 e. The van der Waals surface area contributed by atoms with E-state index in [1.807, 2.05) is 6.92 Å². The summed E-state index contributed by atoms with van der Waals surface area (Å²) in [5.74, 6) is 0.724. The number of hydrogen-bond acceptors (Lipinski definition) is 2. The predicted octanol–water partition coefficient (Wildman–Crippen LogP) is 2.95. The van der Waals surface area contributed by atoms with Gasteiger partial charge in [-0.2, -0.15) is 0 Å². The summed E-state index contributed by atoms with van der Waals surface area (Å²) in [5, 5.41) is 10.4. The van der Waals surface area contributed by atoms with E-state index < -0.39 is 0 Å². The number of aromatic hydroxyl groups is 1. The van der Waals surface area contributed by atoms with Crippen LogP contribution in [0.25, 0.3) is 0 Å². The molecule has 2 heteroatoms. The zero-order valence-corrected chi connectivity index (χ0v) is 11.1. The molecule has 1 aliphatic rings. The van der Waals surface area contributed by atoms with Gasteiger partial charge in [-0.05, 0) is 74.2 Å². The fourth-order valence-electron chi connectivity index (χ4n) is 3.14. The van der Waals surface area contributed by atoms with Crippen molar-refractivity contribution in [3.8, 4) is 5.75 Å². The van der Waals surface area contributed by atoms with Crippen molar-refractivity contribution in [1.82, 2.24) is 0 Å². The lowest BCUT2D eigenvalue weighted by Gasteiger charge is -2.26. The van der Waals surface area contributed by atoms with Crippen molar-refractivity contribution < 1.29 is 5.11 Å². The molecule has 2 nitrogen and oxygen atoms in total. The predicted molar refractivity (Wildman–Crippen MR) is 71.7 cm³/mol. The minimum absolute atomic E-state index is 0.237. The molecule has 17 heavy (non-hydrogen) atoms. The third kappa shape index (κ3) is 1.95. The first-order valence-corrected chi connectivity index (χ1v) is 6.61. The lowest BCUT2D eigenvalue weighted by molar-refractivity contribution is 0.455. The highest BCUT2D eigenvalue weighted by Gasteiger charge is 2.23. The minimum Gasteiger partial charge on any atom is -0.507 e. The molecule has 0 saturated carbocycles. The first kappa shape index (κ1) is 12.4. The molecule has 0 radical (unpaired) electrons. The third-order valence-corrected chi connectivity index (χ3v) is 4.23. The van der Waals surface area contributed by atoms with Gasteiger partial charge in [-0.25, -0.2) is 0 Å².